The molecule has 0 heterocycles. The number of benzene rings is 2. The third-order valence-electron chi connectivity index (χ3n) is 3.32. The van der Waals surface area contributed by atoms with Gasteiger partial charge in [-0.3, -0.25) is 4.79 Å². The number of urea groups is 1. The fourth-order valence-electron chi connectivity index (χ4n) is 2.11. The highest BCUT2D eigenvalue weighted by molar-refractivity contribution is 6.00. The standard InChI is InChI=1S/C18H22N4O2/c19-13-5-4-8-17(23)20-15-9-11-16(12-10-15)22-18(24)21-14-6-2-1-3-7-14/h1-3,6-7,9-12H,4-5,8,13,19H2,(H,20,23)(H2,21,22,24). The van der Waals surface area contributed by atoms with Crippen LogP contribution < -0.4 is 21.7 Å². The minimum Gasteiger partial charge on any atom is -0.330 e. The van der Waals surface area contributed by atoms with Crippen LogP contribution in [-0.4, -0.2) is 18.5 Å². The van der Waals surface area contributed by atoms with E-state index in [-0.39, 0.29) is 11.9 Å². The van der Waals surface area contributed by atoms with E-state index in [1.54, 1.807) is 24.3 Å². The summed E-state index contributed by atoms with van der Waals surface area (Å²) < 4.78 is 0. The first kappa shape index (κ1) is 17.5. The van der Waals surface area contributed by atoms with Gasteiger partial charge in [-0.25, -0.2) is 4.79 Å². The van der Waals surface area contributed by atoms with Crippen LogP contribution in [0.4, 0.5) is 21.9 Å². The SMILES string of the molecule is NCCCCC(=O)Nc1ccc(NC(=O)Nc2ccccc2)cc1. The van der Waals surface area contributed by atoms with E-state index in [4.69, 9.17) is 5.73 Å². The van der Waals surface area contributed by atoms with E-state index in [2.05, 4.69) is 16.0 Å². The minimum atomic E-state index is -0.320. The Morgan fingerprint density at radius 1 is 0.750 bits per heavy atom. The molecule has 3 amide bonds. The predicted molar refractivity (Wildman–Crippen MR) is 97.1 cm³/mol. The van der Waals surface area contributed by atoms with Crippen LogP contribution in [0.3, 0.4) is 0 Å². The average Bonchev–Trinajstić information content (AvgIpc) is 2.58. The van der Waals surface area contributed by atoms with Crippen LogP contribution in [0.5, 0.6) is 0 Å². The molecule has 0 unspecified atom stereocenters. The normalized spacial score (nSPS) is 10.0. The number of amides is 3. The van der Waals surface area contributed by atoms with Crippen molar-refractivity contribution in [1.82, 2.24) is 0 Å². The average molecular weight is 326 g/mol. The topological polar surface area (TPSA) is 96.2 Å². The lowest BCUT2D eigenvalue weighted by molar-refractivity contribution is -0.116. The molecule has 0 aromatic heterocycles. The molecule has 6 heteroatoms. The summed E-state index contributed by atoms with van der Waals surface area (Å²) in [5.74, 6) is -0.0361. The van der Waals surface area contributed by atoms with E-state index >= 15 is 0 Å². The second kappa shape index (κ2) is 9.32. The second-order valence-electron chi connectivity index (χ2n) is 5.32. The zero-order chi connectivity index (χ0) is 17.2. The summed E-state index contributed by atoms with van der Waals surface area (Å²) in [6, 6.07) is 15.8. The molecule has 5 N–H and O–H groups in total. The number of hydrogen-bond acceptors (Lipinski definition) is 3. The van der Waals surface area contributed by atoms with Gasteiger partial charge in [0.1, 0.15) is 0 Å². The van der Waals surface area contributed by atoms with E-state index in [1.807, 2.05) is 30.3 Å². The summed E-state index contributed by atoms with van der Waals surface area (Å²) in [5, 5.41) is 8.29. The number of unbranched alkanes of at least 4 members (excludes halogenated alkanes) is 1. The molecule has 2 rings (SSSR count). The van der Waals surface area contributed by atoms with Crippen molar-refractivity contribution in [3.05, 3.63) is 54.6 Å². The molecule has 2 aromatic carbocycles. The first-order chi connectivity index (χ1) is 11.7. The number of anilines is 3. The molecule has 0 aliphatic rings. The number of rotatable bonds is 7. The van der Waals surface area contributed by atoms with Gasteiger partial charge >= 0.3 is 6.03 Å². The van der Waals surface area contributed by atoms with Gasteiger partial charge in [-0.15, -0.1) is 0 Å². The minimum absolute atomic E-state index is 0.0361. The zero-order valence-corrected chi connectivity index (χ0v) is 13.4. The molecule has 2 aromatic rings. The lowest BCUT2D eigenvalue weighted by Crippen LogP contribution is -2.19. The van der Waals surface area contributed by atoms with Crippen molar-refractivity contribution in [3.8, 4) is 0 Å². The maximum Gasteiger partial charge on any atom is 0.323 e. The van der Waals surface area contributed by atoms with Crippen molar-refractivity contribution in [1.29, 1.82) is 0 Å². The van der Waals surface area contributed by atoms with Crippen molar-refractivity contribution in [3.63, 3.8) is 0 Å². The number of hydrogen-bond donors (Lipinski definition) is 4. The lowest BCUT2D eigenvalue weighted by atomic mass is 10.2. The molecule has 0 saturated carbocycles. The monoisotopic (exact) mass is 326 g/mol. The Morgan fingerprint density at radius 2 is 1.29 bits per heavy atom. The number of carbonyl (C=O) groups excluding carboxylic acids is 2. The first-order valence-electron chi connectivity index (χ1n) is 7.90. The molecule has 0 spiro atoms. The summed E-state index contributed by atoms with van der Waals surface area (Å²) in [5.41, 5.74) is 7.46. The Bertz CT molecular complexity index is 656. The van der Waals surface area contributed by atoms with Gasteiger partial charge in [0.15, 0.2) is 0 Å². The molecule has 6 nitrogen and oxygen atoms in total. The number of para-hydroxylation sites is 1. The highest BCUT2D eigenvalue weighted by atomic mass is 16.2. The van der Waals surface area contributed by atoms with Crippen molar-refractivity contribution >= 4 is 29.0 Å². The van der Waals surface area contributed by atoms with Crippen LogP contribution in [0.1, 0.15) is 19.3 Å². The van der Waals surface area contributed by atoms with Crippen molar-refractivity contribution < 1.29 is 9.59 Å². The Kier molecular flexibility index (Phi) is 6.79. The summed E-state index contributed by atoms with van der Waals surface area (Å²) in [6.07, 6.45) is 2.07. The third-order valence-corrected chi connectivity index (χ3v) is 3.32. The van der Waals surface area contributed by atoms with Gasteiger partial charge in [-0.1, -0.05) is 18.2 Å². The fourth-order valence-corrected chi connectivity index (χ4v) is 2.11. The molecular formula is C18H22N4O2. The van der Waals surface area contributed by atoms with Crippen molar-refractivity contribution in [2.75, 3.05) is 22.5 Å². The molecule has 0 aliphatic heterocycles. The van der Waals surface area contributed by atoms with Crippen LogP contribution in [-0.2, 0) is 4.79 Å². The Hall–Kier alpha value is -2.86. The Morgan fingerprint density at radius 3 is 1.88 bits per heavy atom. The molecule has 0 atom stereocenters. The predicted octanol–water partition coefficient (Wildman–Crippen LogP) is 3.40. The Balaban J connectivity index is 1.81. The van der Waals surface area contributed by atoms with Gasteiger partial charge in [0, 0.05) is 23.5 Å². The van der Waals surface area contributed by atoms with Gasteiger partial charge in [-0.2, -0.15) is 0 Å². The number of nitrogens with two attached hydrogens (primary N) is 1. The van der Waals surface area contributed by atoms with Gasteiger partial charge in [0.05, 0.1) is 0 Å². The number of carbonyl (C=O) groups is 2. The fraction of sp³-hybridized carbons (Fsp3) is 0.222. The van der Waals surface area contributed by atoms with Gasteiger partial charge in [0.25, 0.3) is 0 Å². The van der Waals surface area contributed by atoms with E-state index in [9.17, 15) is 9.59 Å². The van der Waals surface area contributed by atoms with Crippen LogP contribution in [0, 0.1) is 0 Å². The van der Waals surface area contributed by atoms with Gasteiger partial charge in [-0.05, 0) is 55.8 Å². The van der Waals surface area contributed by atoms with E-state index in [0.717, 1.165) is 18.5 Å². The molecule has 0 saturated heterocycles. The van der Waals surface area contributed by atoms with Crippen molar-refractivity contribution in [2.45, 2.75) is 19.3 Å². The second-order valence-corrected chi connectivity index (χ2v) is 5.32. The summed E-state index contributed by atoms with van der Waals surface area (Å²) in [7, 11) is 0. The summed E-state index contributed by atoms with van der Waals surface area (Å²) in [4.78, 5) is 23.6. The van der Waals surface area contributed by atoms with E-state index < -0.39 is 0 Å². The van der Waals surface area contributed by atoms with Gasteiger partial charge < -0.3 is 21.7 Å². The third kappa shape index (κ3) is 6.10. The van der Waals surface area contributed by atoms with Crippen LogP contribution >= 0.6 is 0 Å². The molecule has 0 aliphatic carbocycles. The highest BCUT2D eigenvalue weighted by Crippen LogP contribution is 2.15. The first-order valence-corrected chi connectivity index (χ1v) is 7.90. The van der Waals surface area contributed by atoms with Crippen LogP contribution in [0.2, 0.25) is 0 Å². The van der Waals surface area contributed by atoms with Crippen LogP contribution in [0.25, 0.3) is 0 Å². The zero-order valence-electron chi connectivity index (χ0n) is 13.4. The van der Waals surface area contributed by atoms with E-state index in [1.165, 1.54) is 0 Å². The maximum absolute atomic E-state index is 11.9. The number of nitrogens with one attached hydrogen (secondary N) is 3. The molecule has 0 radical (unpaired) electrons. The molecule has 126 valence electrons. The quantitative estimate of drug-likeness (QED) is 0.587. The molecule has 0 bridgehead atoms. The van der Waals surface area contributed by atoms with Gasteiger partial charge in [0.2, 0.25) is 5.91 Å². The lowest BCUT2D eigenvalue weighted by Gasteiger charge is -2.09. The largest absolute Gasteiger partial charge is 0.330 e. The molecule has 24 heavy (non-hydrogen) atoms. The molecule has 0 fully saturated rings. The smallest absolute Gasteiger partial charge is 0.323 e. The van der Waals surface area contributed by atoms with E-state index in [0.29, 0.717) is 24.3 Å². The summed E-state index contributed by atoms with van der Waals surface area (Å²) >= 11 is 0. The summed E-state index contributed by atoms with van der Waals surface area (Å²) in [6.45, 7) is 0.596. The van der Waals surface area contributed by atoms with Crippen molar-refractivity contribution in [2.24, 2.45) is 5.73 Å². The van der Waals surface area contributed by atoms with Crippen LogP contribution in [0.15, 0.2) is 54.6 Å². The highest BCUT2D eigenvalue weighted by Gasteiger charge is 2.04. The maximum atomic E-state index is 11.9. The Labute approximate surface area is 141 Å². The molecular weight excluding hydrogens is 304 g/mol.